The maximum atomic E-state index is 9.59. The summed E-state index contributed by atoms with van der Waals surface area (Å²) in [4.78, 5) is 0. The van der Waals surface area contributed by atoms with Crippen LogP contribution in [-0.2, 0) is 13.1 Å². The van der Waals surface area contributed by atoms with Crippen LogP contribution < -0.4 is 10.6 Å². The SMILES string of the molecule is CC.CC.Oc1ccccc1CNCNCc1ccccc1O. The lowest BCUT2D eigenvalue weighted by atomic mass is 10.2. The topological polar surface area (TPSA) is 64.5 Å². The molecule has 4 nitrogen and oxygen atoms in total. The molecule has 0 aliphatic carbocycles. The maximum Gasteiger partial charge on any atom is 0.120 e. The van der Waals surface area contributed by atoms with Gasteiger partial charge in [0.25, 0.3) is 0 Å². The van der Waals surface area contributed by atoms with Crippen molar-refractivity contribution in [1.82, 2.24) is 10.6 Å². The number of rotatable bonds is 6. The van der Waals surface area contributed by atoms with Gasteiger partial charge in [0.05, 0.1) is 0 Å². The van der Waals surface area contributed by atoms with E-state index in [0.717, 1.165) is 11.1 Å². The Bertz CT molecular complexity index is 483. The first-order valence-corrected chi connectivity index (χ1v) is 8.22. The number of hydrogen-bond donors (Lipinski definition) is 4. The van der Waals surface area contributed by atoms with Crippen molar-refractivity contribution >= 4 is 0 Å². The molecule has 128 valence electrons. The molecule has 0 saturated carbocycles. The normalized spacial score (nSPS) is 9.22. The van der Waals surface area contributed by atoms with Crippen LogP contribution >= 0.6 is 0 Å². The van der Waals surface area contributed by atoms with E-state index in [9.17, 15) is 10.2 Å². The highest BCUT2D eigenvalue weighted by Crippen LogP contribution is 2.15. The fourth-order valence-corrected chi connectivity index (χ4v) is 1.80. The van der Waals surface area contributed by atoms with Crippen LogP contribution in [0.5, 0.6) is 11.5 Å². The number of aromatic hydroxyl groups is 2. The summed E-state index contributed by atoms with van der Waals surface area (Å²) in [5.74, 6) is 0.603. The van der Waals surface area contributed by atoms with Crippen LogP contribution in [0.3, 0.4) is 0 Å². The third-order valence-electron chi connectivity index (χ3n) is 2.86. The summed E-state index contributed by atoms with van der Waals surface area (Å²) < 4.78 is 0. The molecule has 0 bridgehead atoms. The largest absolute Gasteiger partial charge is 0.508 e. The summed E-state index contributed by atoms with van der Waals surface area (Å²) in [7, 11) is 0. The molecule has 0 heterocycles. The van der Waals surface area contributed by atoms with Gasteiger partial charge in [-0.25, -0.2) is 0 Å². The highest BCUT2D eigenvalue weighted by Gasteiger charge is 2.00. The van der Waals surface area contributed by atoms with E-state index in [4.69, 9.17) is 0 Å². The van der Waals surface area contributed by atoms with Crippen LogP contribution in [0.1, 0.15) is 38.8 Å². The highest BCUT2D eigenvalue weighted by atomic mass is 16.3. The average molecular weight is 318 g/mol. The average Bonchev–Trinajstić information content (AvgIpc) is 2.61. The predicted octanol–water partition coefficient (Wildman–Crippen LogP) is 3.99. The van der Waals surface area contributed by atoms with Crippen LogP contribution in [0.2, 0.25) is 0 Å². The summed E-state index contributed by atoms with van der Waals surface area (Å²) in [6.45, 7) is 9.80. The first kappa shape index (κ1) is 21.0. The van der Waals surface area contributed by atoms with E-state index in [0.29, 0.717) is 31.3 Å². The number of benzene rings is 2. The Morgan fingerprint density at radius 3 is 1.35 bits per heavy atom. The minimum absolute atomic E-state index is 0.302. The van der Waals surface area contributed by atoms with Gasteiger partial charge in [-0.1, -0.05) is 64.1 Å². The third kappa shape index (κ3) is 8.24. The van der Waals surface area contributed by atoms with Crippen molar-refractivity contribution in [2.45, 2.75) is 40.8 Å². The summed E-state index contributed by atoms with van der Waals surface area (Å²) in [6, 6.07) is 14.5. The van der Waals surface area contributed by atoms with Gasteiger partial charge in [0.1, 0.15) is 11.5 Å². The number of nitrogens with one attached hydrogen (secondary N) is 2. The van der Waals surface area contributed by atoms with Crippen LogP contribution in [0.25, 0.3) is 0 Å². The van der Waals surface area contributed by atoms with E-state index >= 15 is 0 Å². The van der Waals surface area contributed by atoms with E-state index < -0.39 is 0 Å². The molecule has 0 spiro atoms. The summed E-state index contributed by atoms with van der Waals surface area (Å²) in [5, 5.41) is 25.5. The number of phenols is 2. The first-order chi connectivity index (χ1) is 11.3. The lowest BCUT2D eigenvalue weighted by Gasteiger charge is -2.09. The molecule has 0 radical (unpaired) electrons. The second-order valence-electron chi connectivity index (χ2n) is 4.29. The summed E-state index contributed by atoms with van der Waals surface area (Å²) in [6.07, 6.45) is 0. The summed E-state index contributed by atoms with van der Waals surface area (Å²) >= 11 is 0. The molecule has 4 heteroatoms. The molecular weight excluding hydrogens is 288 g/mol. The van der Waals surface area contributed by atoms with E-state index in [1.807, 2.05) is 52.0 Å². The van der Waals surface area contributed by atoms with Crippen LogP contribution in [0.4, 0.5) is 0 Å². The zero-order chi connectivity index (χ0) is 17.5. The number of hydrogen-bond acceptors (Lipinski definition) is 4. The molecule has 0 fully saturated rings. The Balaban J connectivity index is 0.00000112. The lowest BCUT2D eigenvalue weighted by molar-refractivity contribution is 0.458. The molecule has 0 aliphatic rings. The molecule has 23 heavy (non-hydrogen) atoms. The number of para-hydroxylation sites is 2. The Hall–Kier alpha value is -2.04. The zero-order valence-electron chi connectivity index (χ0n) is 14.6. The van der Waals surface area contributed by atoms with Crippen LogP contribution in [-0.4, -0.2) is 16.9 Å². The molecule has 0 aromatic heterocycles. The molecule has 2 aromatic carbocycles. The van der Waals surface area contributed by atoms with Gasteiger partial charge in [0.15, 0.2) is 0 Å². The van der Waals surface area contributed by atoms with E-state index in [2.05, 4.69) is 10.6 Å². The monoisotopic (exact) mass is 318 g/mol. The molecule has 2 rings (SSSR count). The molecule has 0 amide bonds. The molecule has 2 aromatic rings. The minimum Gasteiger partial charge on any atom is -0.508 e. The van der Waals surface area contributed by atoms with Crippen molar-refractivity contribution in [3.63, 3.8) is 0 Å². The Kier molecular flexibility index (Phi) is 12.4. The molecule has 0 aliphatic heterocycles. The van der Waals surface area contributed by atoms with Gasteiger partial charge >= 0.3 is 0 Å². The predicted molar refractivity (Wildman–Crippen MR) is 97.5 cm³/mol. The number of phenolic OH excluding ortho intramolecular Hbond substituents is 2. The standard InChI is InChI=1S/C15H18N2O2.2C2H6/c18-14-7-3-1-5-12(14)9-16-11-17-10-13-6-2-4-8-15(13)19;2*1-2/h1-8,16-19H,9-11H2;2*1-2H3. The minimum atomic E-state index is 0.302. The van der Waals surface area contributed by atoms with Crippen molar-refractivity contribution in [2.75, 3.05) is 6.67 Å². The lowest BCUT2D eigenvalue weighted by Crippen LogP contribution is -2.28. The second kappa shape index (κ2) is 13.6. The maximum absolute atomic E-state index is 9.59. The van der Waals surface area contributed by atoms with Crippen molar-refractivity contribution in [3.8, 4) is 11.5 Å². The zero-order valence-corrected chi connectivity index (χ0v) is 14.6. The highest BCUT2D eigenvalue weighted by molar-refractivity contribution is 5.32. The van der Waals surface area contributed by atoms with Crippen molar-refractivity contribution in [1.29, 1.82) is 0 Å². The fraction of sp³-hybridized carbons (Fsp3) is 0.368. The van der Waals surface area contributed by atoms with Gasteiger partial charge in [0, 0.05) is 30.9 Å². The van der Waals surface area contributed by atoms with Gasteiger partial charge < -0.3 is 20.8 Å². The van der Waals surface area contributed by atoms with Gasteiger partial charge in [-0.05, 0) is 12.1 Å². The molecule has 0 unspecified atom stereocenters. The van der Waals surface area contributed by atoms with Crippen molar-refractivity contribution in [2.24, 2.45) is 0 Å². The third-order valence-corrected chi connectivity index (χ3v) is 2.86. The van der Waals surface area contributed by atoms with Gasteiger partial charge in [-0.15, -0.1) is 0 Å². The Labute approximate surface area is 140 Å². The Morgan fingerprint density at radius 1 is 0.652 bits per heavy atom. The van der Waals surface area contributed by atoms with E-state index in [-0.39, 0.29) is 0 Å². The molecular formula is C19H30N2O2. The Morgan fingerprint density at radius 2 is 1.00 bits per heavy atom. The van der Waals surface area contributed by atoms with Crippen molar-refractivity contribution in [3.05, 3.63) is 59.7 Å². The van der Waals surface area contributed by atoms with Crippen LogP contribution in [0.15, 0.2) is 48.5 Å². The quantitative estimate of drug-likeness (QED) is 0.480. The molecule has 0 atom stereocenters. The van der Waals surface area contributed by atoms with E-state index in [1.165, 1.54) is 0 Å². The molecule has 4 N–H and O–H groups in total. The van der Waals surface area contributed by atoms with Crippen LogP contribution in [0, 0.1) is 0 Å². The van der Waals surface area contributed by atoms with Gasteiger partial charge in [-0.2, -0.15) is 0 Å². The molecule has 0 saturated heterocycles. The van der Waals surface area contributed by atoms with Gasteiger partial charge in [0.2, 0.25) is 0 Å². The van der Waals surface area contributed by atoms with E-state index in [1.54, 1.807) is 24.3 Å². The first-order valence-electron chi connectivity index (χ1n) is 8.22. The fourth-order valence-electron chi connectivity index (χ4n) is 1.80. The van der Waals surface area contributed by atoms with Crippen molar-refractivity contribution < 1.29 is 10.2 Å². The second-order valence-corrected chi connectivity index (χ2v) is 4.29. The smallest absolute Gasteiger partial charge is 0.120 e. The van der Waals surface area contributed by atoms with Gasteiger partial charge in [-0.3, -0.25) is 0 Å². The summed E-state index contributed by atoms with van der Waals surface area (Å²) in [5.41, 5.74) is 1.73.